The summed E-state index contributed by atoms with van der Waals surface area (Å²) < 4.78 is 27.7. The highest BCUT2D eigenvalue weighted by molar-refractivity contribution is 6.30. The van der Waals surface area contributed by atoms with Crippen molar-refractivity contribution >= 4 is 29.0 Å². The summed E-state index contributed by atoms with van der Waals surface area (Å²) in [6, 6.07) is 19.8. The molecular weight excluding hydrogens is 482 g/mol. The van der Waals surface area contributed by atoms with Crippen LogP contribution in [0.3, 0.4) is 0 Å². The summed E-state index contributed by atoms with van der Waals surface area (Å²) >= 11 is 6.11. The molecule has 5 rings (SSSR count). The molecule has 4 nitrogen and oxygen atoms in total. The fourth-order valence-corrected chi connectivity index (χ4v) is 5.20. The highest BCUT2D eigenvalue weighted by Crippen LogP contribution is 2.45. The van der Waals surface area contributed by atoms with Crippen molar-refractivity contribution in [2.24, 2.45) is 0 Å². The van der Waals surface area contributed by atoms with Gasteiger partial charge in [0.1, 0.15) is 11.6 Å². The second-order valence-corrected chi connectivity index (χ2v) is 9.49. The van der Waals surface area contributed by atoms with E-state index < -0.39 is 23.5 Å². The van der Waals surface area contributed by atoms with E-state index in [0.717, 1.165) is 22.9 Å². The van der Waals surface area contributed by atoms with Crippen LogP contribution in [0.1, 0.15) is 42.7 Å². The summed E-state index contributed by atoms with van der Waals surface area (Å²) in [4.78, 5) is 27.1. The molecule has 1 aliphatic heterocycles. The zero-order valence-corrected chi connectivity index (χ0v) is 20.2. The summed E-state index contributed by atoms with van der Waals surface area (Å²) in [5.74, 6) is -2.89. The van der Waals surface area contributed by atoms with Gasteiger partial charge in [-0.25, -0.2) is 8.78 Å². The molecule has 0 saturated carbocycles. The van der Waals surface area contributed by atoms with Gasteiger partial charge in [-0.2, -0.15) is 0 Å². The van der Waals surface area contributed by atoms with Crippen LogP contribution in [0.4, 0.5) is 14.5 Å². The topological polar surface area (TPSA) is 58.2 Å². The predicted octanol–water partition coefficient (Wildman–Crippen LogP) is 6.62. The SMILES string of the molecule is CC1=C(C(=O)Nc2ccc(F)cc2F)[C@H](c2ccc(Cl)cc2)C2=C(C[C@H](c3ccccc3)CC2=O)N1. The molecule has 3 aromatic rings. The number of rotatable bonds is 4. The van der Waals surface area contributed by atoms with Crippen LogP contribution in [-0.2, 0) is 9.59 Å². The first kappa shape index (κ1) is 23.9. The largest absolute Gasteiger partial charge is 0.362 e. The summed E-state index contributed by atoms with van der Waals surface area (Å²) in [5.41, 5.74) is 3.84. The van der Waals surface area contributed by atoms with Crippen LogP contribution in [-0.4, -0.2) is 11.7 Å². The summed E-state index contributed by atoms with van der Waals surface area (Å²) in [7, 11) is 0. The first-order valence-electron chi connectivity index (χ1n) is 11.6. The van der Waals surface area contributed by atoms with Crippen LogP contribution in [0.15, 0.2) is 95.3 Å². The maximum atomic E-state index is 14.3. The van der Waals surface area contributed by atoms with E-state index in [1.165, 1.54) is 6.07 Å². The van der Waals surface area contributed by atoms with Crippen molar-refractivity contribution in [1.29, 1.82) is 0 Å². The monoisotopic (exact) mass is 504 g/mol. The van der Waals surface area contributed by atoms with Crippen molar-refractivity contribution in [1.82, 2.24) is 5.32 Å². The van der Waals surface area contributed by atoms with E-state index in [1.807, 2.05) is 30.3 Å². The van der Waals surface area contributed by atoms with E-state index in [4.69, 9.17) is 11.6 Å². The molecule has 2 N–H and O–H groups in total. The van der Waals surface area contributed by atoms with E-state index in [9.17, 15) is 18.4 Å². The van der Waals surface area contributed by atoms with Crippen LogP contribution in [0.5, 0.6) is 0 Å². The van der Waals surface area contributed by atoms with E-state index >= 15 is 0 Å². The molecule has 0 aromatic heterocycles. The van der Waals surface area contributed by atoms with Crippen molar-refractivity contribution in [3.8, 4) is 0 Å². The standard InChI is InChI=1S/C29H23ClF2N2O2/c1-16-26(29(36)34-23-12-11-21(31)15-22(23)32)27(18-7-9-20(30)10-8-18)28-24(33-16)13-19(14-25(28)35)17-5-3-2-4-6-17/h2-12,15,19,27,33H,13-14H2,1H3,(H,34,36)/t19-,27-/m0/s1. The fourth-order valence-electron chi connectivity index (χ4n) is 5.07. The zero-order chi connectivity index (χ0) is 25.4. The summed E-state index contributed by atoms with van der Waals surface area (Å²) in [6.45, 7) is 1.76. The molecule has 0 saturated heterocycles. The Morgan fingerprint density at radius 2 is 1.69 bits per heavy atom. The van der Waals surface area contributed by atoms with Gasteiger partial charge in [0.25, 0.3) is 5.91 Å². The highest BCUT2D eigenvalue weighted by Gasteiger charge is 2.41. The first-order chi connectivity index (χ1) is 17.3. The van der Waals surface area contributed by atoms with Crippen LogP contribution in [0, 0.1) is 11.6 Å². The van der Waals surface area contributed by atoms with Gasteiger partial charge in [-0.15, -0.1) is 0 Å². The molecule has 0 bridgehead atoms. The molecule has 3 aromatic carbocycles. The minimum atomic E-state index is -0.882. The molecule has 0 unspecified atom stereocenters. The molecule has 0 radical (unpaired) electrons. The Morgan fingerprint density at radius 3 is 2.39 bits per heavy atom. The quantitative estimate of drug-likeness (QED) is 0.420. The lowest BCUT2D eigenvalue weighted by atomic mass is 9.71. The number of benzene rings is 3. The lowest BCUT2D eigenvalue weighted by Crippen LogP contribution is -2.37. The molecule has 2 atom stereocenters. The Balaban J connectivity index is 1.56. The van der Waals surface area contributed by atoms with E-state index in [-0.39, 0.29) is 17.4 Å². The van der Waals surface area contributed by atoms with Gasteiger partial charge < -0.3 is 10.6 Å². The average molecular weight is 505 g/mol. The Bertz CT molecular complexity index is 1410. The molecule has 7 heteroatoms. The smallest absolute Gasteiger partial charge is 0.254 e. The van der Waals surface area contributed by atoms with E-state index in [2.05, 4.69) is 10.6 Å². The van der Waals surface area contributed by atoms with Crippen LogP contribution in [0.2, 0.25) is 5.02 Å². The van der Waals surface area contributed by atoms with Gasteiger partial charge in [0, 0.05) is 46.0 Å². The maximum Gasteiger partial charge on any atom is 0.254 e. The van der Waals surface area contributed by atoms with Gasteiger partial charge in [-0.1, -0.05) is 54.1 Å². The number of nitrogens with one attached hydrogen (secondary N) is 2. The molecule has 0 spiro atoms. The van der Waals surface area contributed by atoms with Crippen molar-refractivity contribution in [2.75, 3.05) is 5.32 Å². The number of ketones is 1. The van der Waals surface area contributed by atoms with Gasteiger partial charge in [-0.05, 0) is 54.7 Å². The third kappa shape index (κ3) is 4.56. The Morgan fingerprint density at radius 1 is 0.972 bits per heavy atom. The Labute approximate surface area is 212 Å². The summed E-state index contributed by atoms with van der Waals surface area (Å²) in [5, 5.41) is 6.38. The molecule has 1 heterocycles. The Hall–Kier alpha value is -3.77. The minimum Gasteiger partial charge on any atom is -0.362 e. The number of halogens is 3. The number of dihydropyridines is 1. The lowest BCUT2D eigenvalue weighted by molar-refractivity contribution is -0.116. The van der Waals surface area contributed by atoms with Crippen LogP contribution < -0.4 is 10.6 Å². The molecule has 182 valence electrons. The van der Waals surface area contributed by atoms with Gasteiger partial charge in [0.2, 0.25) is 0 Å². The second kappa shape index (κ2) is 9.70. The highest BCUT2D eigenvalue weighted by atomic mass is 35.5. The van der Waals surface area contributed by atoms with Crippen molar-refractivity contribution in [3.63, 3.8) is 0 Å². The maximum absolute atomic E-state index is 14.3. The Kier molecular flexibility index (Phi) is 6.46. The number of anilines is 1. The first-order valence-corrected chi connectivity index (χ1v) is 12.0. The zero-order valence-electron chi connectivity index (χ0n) is 19.4. The third-order valence-corrected chi connectivity index (χ3v) is 6.98. The number of hydrogen-bond donors (Lipinski definition) is 2. The molecule has 1 aliphatic carbocycles. The van der Waals surface area contributed by atoms with Crippen LogP contribution >= 0.6 is 11.6 Å². The van der Waals surface area contributed by atoms with Gasteiger partial charge in [-0.3, -0.25) is 9.59 Å². The van der Waals surface area contributed by atoms with Gasteiger partial charge in [0.05, 0.1) is 5.69 Å². The predicted molar refractivity (Wildman–Crippen MR) is 135 cm³/mol. The molecule has 1 amide bonds. The third-order valence-electron chi connectivity index (χ3n) is 6.73. The summed E-state index contributed by atoms with van der Waals surface area (Å²) in [6.07, 6.45) is 0.934. The average Bonchev–Trinajstić information content (AvgIpc) is 2.85. The number of hydrogen-bond acceptors (Lipinski definition) is 3. The number of allylic oxidation sites excluding steroid dienone is 3. The van der Waals surface area contributed by atoms with Crippen molar-refractivity contribution in [3.05, 3.63) is 123 Å². The van der Waals surface area contributed by atoms with E-state index in [1.54, 1.807) is 31.2 Å². The molecule has 36 heavy (non-hydrogen) atoms. The van der Waals surface area contributed by atoms with Crippen molar-refractivity contribution < 1.29 is 18.4 Å². The normalized spacial score (nSPS) is 19.6. The van der Waals surface area contributed by atoms with Gasteiger partial charge >= 0.3 is 0 Å². The number of Topliss-reactive ketones (excluding diaryl/α,β-unsaturated/α-hetero) is 1. The molecule has 0 fully saturated rings. The van der Waals surface area contributed by atoms with Gasteiger partial charge in [0.15, 0.2) is 5.78 Å². The van der Waals surface area contributed by atoms with Crippen molar-refractivity contribution in [2.45, 2.75) is 31.6 Å². The minimum absolute atomic E-state index is 0.0207. The number of carbonyl (C=O) groups is 2. The molecular formula is C29H23ClF2N2O2. The lowest BCUT2D eigenvalue weighted by Gasteiger charge is -2.37. The number of amides is 1. The fraction of sp³-hybridized carbons (Fsp3) is 0.172. The van der Waals surface area contributed by atoms with E-state index in [0.29, 0.717) is 40.8 Å². The second-order valence-electron chi connectivity index (χ2n) is 9.06. The number of carbonyl (C=O) groups excluding carboxylic acids is 2. The molecule has 2 aliphatic rings. The van der Waals surface area contributed by atoms with Crippen LogP contribution in [0.25, 0.3) is 0 Å².